The maximum absolute atomic E-state index is 12.2. The first-order valence-electron chi connectivity index (χ1n) is 6.54. The van der Waals surface area contributed by atoms with E-state index in [0.717, 1.165) is 19.3 Å². The minimum absolute atomic E-state index is 0.167. The predicted octanol–water partition coefficient (Wildman–Crippen LogP) is 2.25. The molecule has 2 saturated heterocycles. The second-order valence-electron chi connectivity index (χ2n) is 6.21. The number of hydrogen-bond acceptors (Lipinski definition) is 3. The Kier molecular flexibility index (Phi) is 3.25. The Morgan fingerprint density at radius 2 is 1.78 bits per heavy atom. The molecule has 2 fully saturated rings. The Morgan fingerprint density at radius 1 is 1.17 bits per heavy atom. The lowest BCUT2D eigenvalue weighted by Gasteiger charge is -2.38. The van der Waals surface area contributed by atoms with Crippen molar-refractivity contribution in [1.82, 2.24) is 4.90 Å². The molecule has 0 aliphatic carbocycles. The Bertz CT molecular complexity index is 360. The first kappa shape index (κ1) is 13.2. The maximum Gasteiger partial charge on any atom is 0.410 e. The van der Waals surface area contributed by atoms with Crippen molar-refractivity contribution >= 4 is 12.1 Å². The van der Waals surface area contributed by atoms with Crippen LogP contribution in [-0.2, 0) is 9.53 Å². The van der Waals surface area contributed by atoms with Crippen LogP contribution in [0, 0.1) is 5.92 Å². The van der Waals surface area contributed by atoms with Gasteiger partial charge >= 0.3 is 12.1 Å². The summed E-state index contributed by atoms with van der Waals surface area (Å²) in [6, 6.07) is -0.0171. The lowest BCUT2D eigenvalue weighted by molar-refractivity contribution is -0.145. The molecule has 0 aromatic rings. The number of amides is 1. The number of carbonyl (C=O) groups excluding carboxylic acids is 1. The summed E-state index contributed by atoms with van der Waals surface area (Å²) < 4.78 is 5.38. The molecular formula is C13H21NO4. The molecule has 2 aliphatic rings. The molecule has 2 bridgehead atoms. The van der Waals surface area contributed by atoms with Crippen LogP contribution >= 0.6 is 0 Å². The quantitative estimate of drug-likeness (QED) is 0.780. The van der Waals surface area contributed by atoms with E-state index in [1.165, 1.54) is 0 Å². The lowest BCUT2D eigenvalue weighted by Crippen LogP contribution is -2.51. The van der Waals surface area contributed by atoms with Gasteiger partial charge in [0, 0.05) is 12.1 Å². The number of nitrogens with zero attached hydrogens (tertiary/aromatic N) is 1. The fraction of sp³-hybridized carbons (Fsp3) is 0.846. The lowest BCUT2D eigenvalue weighted by atomic mass is 9.90. The van der Waals surface area contributed by atoms with Gasteiger partial charge < -0.3 is 14.7 Å². The van der Waals surface area contributed by atoms with E-state index in [-0.39, 0.29) is 18.2 Å². The van der Waals surface area contributed by atoms with E-state index in [0.29, 0.717) is 6.42 Å². The highest BCUT2D eigenvalue weighted by atomic mass is 16.6. The van der Waals surface area contributed by atoms with E-state index in [1.807, 2.05) is 20.8 Å². The molecular weight excluding hydrogens is 234 g/mol. The van der Waals surface area contributed by atoms with Gasteiger partial charge in [-0.2, -0.15) is 0 Å². The molecule has 0 spiro atoms. The molecule has 1 N–H and O–H groups in total. The Labute approximate surface area is 107 Å². The van der Waals surface area contributed by atoms with Crippen molar-refractivity contribution in [2.24, 2.45) is 5.92 Å². The summed E-state index contributed by atoms with van der Waals surface area (Å²) in [7, 11) is 0. The largest absolute Gasteiger partial charge is 0.481 e. The van der Waals surface area contributed by atoms with Gasteiger partial charge in [-0.3, -0.25) is 4.79 Å². The van der Waals surface area contributed by atoms with Crippen molar-refractivity contribution < 1.29 is 19.4 Å². The average Bonchev–Trinajstić information content (AvgIpc) is 2.49. The summed E-state index contributed by atoms with van der Waals surface area (Å²) in [5.41, 5.74) is -0.535. The first-order valence-corrected chi connectivity index (χ1v) is 6.54. The number of rotatable bonds is 1. The third-order valence-electron chi connectivity index (χ3n) is 3.74. The molecule has 0 aromatic heterocycles. The van der Waals surface area contributed by atoms with Gasteiger partial charge in [0.25, 0.3) is 0 Å². The molecule has 0 saturated carbocycles. The van der Waals surface area contributed by atoms with Crippen molar-refractivity contribution in [3.63, 3.8) is 0 Å². The molecule has 18 heavy (non-hydrogen) atoms. The third-order valence-corrected chi connectivity index (χ3v) is 3.74. The van der Waals surface area contributed by atoms with Gasteiger partial charge in [0.05, 0.1) is 5.92 Å². The summed E-state index contributed by atoms with van der Waals surface area (Å²) in [4.78, 5) is 25.0. The fourth-order valence-corrected chi connectivity index (χ4v) is 3.04. The maximum atomic E-state index is 12.2. The molecule has 5 nitrogen and oxygen atoms in total. The molecule has 0 radical (unpaired) electrons. The zero-order valence-electron chi connectivity index (χ0n) is 11.2. The van der Waals surface area contributed by atoms with Gasteiger partial charge in [-0.05, 0) is 46.5 Å². The number of aliphatic carboxylic acids is 1. The van der Waals surface area contributed by atoms with Crippen LogP contribution in [0.25, 0.3) is 0 Å². The van der Waals surface area contributed by atoms with Crippen molar-refractivity contribution in [1.29, 1.82) is 0 Å². The van der Waals surface area contributed by atoms with Gasteiger partial charge in [-0.25, -0.2) is 4.79 Å². The number of fused-ring (bicyclic) bond motifs is 2. The summed E-state index contributed by atoms with van der Waals surface area (Å²) in [5, 5.41) is 9.21. The normalized spacial score (nSPS) is 31.3. The van der Waals surface area contributed by atoms with Crippen molar-refractivity contribution in [2.75, 3.05) is 0 Å². The number of ether oxygens (including phenoxy) is 1. The Hall–Kier alpha value is -1.26. The summed E-state index contributed by atoms with van der Waals surface area (Å²) >= 11 is 0. The Balaban J connectivity index is 2.13. The summed E-state index contributed by atoms with van der Waals surface area (Å²) in [5.74, 6) is -1.23. The number of piperidine rings is 1. The highest BCUT2D eigenvalue weighted by Gasteiger charge is 2.48. The van der Waals surface area contributed by atoms with Crippen LogP contribution in [0.5, 0.6) is 0 Å². The molecule has 102 valence electrons. The van der Waals surface area contributed by atoms with Crippen molar-refractivity contribution in [3.05, 3.63) is 0 Å². The number of carboxylic acids is 1. The van der Waals surface area contributed by atoms with Crippen LogP contribution in [-0.4, -0.2) is 39.8 Å². The summed E-state index contributed by atoms with van der Waals surface area (Å²) in [6.45, 7) is 5.47. The molecule has 2 heterocycles. The third kappa shape index (κ3) is 2.44. The van der Waals surface area contributed by atoms with Gasteiger partial charge in [0.1, 0.15) is 5.60 Å². The zero-order chi connectivity index (χ0) is 13.5. The van der Waals surface area contributed by atoms with E-state index < -0.39 is 17.5 Å². The van der Waals surface area contributed by atoms with Crippen LogP contribution in [0.2, 0.25) is 0 Å². The van der Waals surface area contributed by atoms with Crippen molar-refractivity contribution in [2.45, 2.75) is 64.1 Å². The molecule has 5 heteroatoms. The molecule has 2 rings (SSSR count). The van der Waals surface area contributed by atoms with Gasteiger partial charge in [0.2, 0.25) is 0 Å². The van der Waals surface area contributed by atoms with Crippen LogP contribution < -0.4 is 0 Å². The topological polar surface area (TPSA) is 66.8 Å². The highest BCUT2D eigenvalue weighted by Crippen LogP contribution is 2.40. The molecule has 2 aliphatic heterocycles. The molecule has 0 aromatic carbocycles. The van der Waals surface area contributed by atoms with E-state index in [9.17, 15) is 14.7 Å². The molecule has 3 atom stereocenters. The zero-order valence-corrected chi connectivity index (χ0v) is 11.2. The molecule has 0 unspecified atom stereocenters. The summed E-state index contributed by atoms with van der Waals surface area (Å²) in [6.07, 6.45) is 2.76. The van der Waals surface area contributed by atoms with Crippen LogP contribution in [0.3, 0.4) is 0 Å². The Morgan fingerprint density at radius 3 is 2.33 bits per heavy atom. The van der Waals surface area contributed by atoms with Crippen LogP contribution in [0.4, 0.5) is 4.79 Å². The van der Waals surface area contributed by atoms with E-state index in [2.05, 4.69) is 0 Å². The minimum Gasteiger partial charge on any atom is -0.481 e. The molecule has 1 amide bonds. The first-order chi connectivity index (χ1) is 8.29. The standard InChI is InChI=1S/C13H21NO4/c1-13(2,3)18-12(17)14-8-4-6-9(11(15)16)10(14)7-5-8/h8-10H,4-7H2,1-3H3,(H,15,16)/t8-,9-,10-/m1/s1. The number of hydrogen-bond donors (Lipinski definition) is 1. The van der Waals surface area contributed by atoms with Crippen LogP contribution in [0.1, 0.15) is 46.5 Å². The van der Waals surface area contributed by atoms with Gasteiger partial charge in [0.15, 0.2) is 0 Å². The predicted molar refractivity (Wildman–Crippen MR) is 65.2 cm³/mol. The second-order valence-corrected chi connectivity index (χ2v) is 6.21. The minimum atomic E-state index is -0.797. The van der Waals surface area contributed by atoms with E-state index >= 15 is 0 Å². The highest BCUT2D eigenvalue weighted by molar-refractivity contribution is 5.75. The monoisotopic (exact) mass is 255 g/mol. The smallest absolute Gasteiger partial charge is 0.410 e. The second kappa shape index (κ2) is 4.44. The number of carbonyl (C=O) groups is 2. The average molecular weight is 255 g/mol. The van der Waals surface area contributed by atoms with Gasteiger partial charge in [-0.1, -0.05) is 0 Å². The van der Waals surface area contributed by atoms with Crippen molar-refractivity contribution in [3.8, 4) is 0 Å². The van der Waals surface area contributed by atoms with Gasteiger partial charge in [-0.15, -0.1) is 0 Å². The van der Waals surface area contributed by atoms with E-state index in [1.54, 1.807) is 4.90 Å². The number of carboxylic acid groups (broad SMARTS) is 1. The SMILES string of the molecule is CC(C)(C)OC(=O)N1[C@H]2CC[C@@H]1[C@H](C(=O)O)CC2. The van der Waals surface area contributed by atoms with E-state index in [4.69, 9.17) is 4.74 Å². The fourth-order valence-electron chi connectivity index (χ4n) is 3.04. The van der Waals surface area contributed by atoms with Crippen LogP contribution in [0.15, 0.2) is 0 Å².